The lowest BCUT2D eigenvalue weighted by molar-refractivity contribution is -0.122. The average molecular weight is 351 g/mol. The molecule has 2 aliphatic rings. The molecule has 1 aromatic rings. The Labute approximate surface area is 149 Å². The van der Waals surface area contributed by atoms with E-state index in [1.807, 2.05) is 24.3 Å². The van der Waals surface area contributed by atoms with Crippen LogP contribution < -0.4 is 10.6 Å². The van der Waals surface area contributed by atoms with Gasteiger partial charge in [-0.25, -0.2) is 0 Å². The molecule has 1 amide bonds. The second kappa shape index (κ2) is 7.85. The number of aliphatic hydroxyl groups is 1. The molecule has 1 aliphatic heterocycles. The Morgan fingerprint density at radius 1 is 1.38 bits per heavy atom. The van der Waals surface area contributed by atoms with Gasteiger partial charge in [0.05, 0.1) is 5.60 Å². The van der Waals surface area contributed by atoms with Crippen LogP contribution >= 0.6 is 11.6 Å². The molecular formula is C19H27ClN2O2. The fraction of sp³-hybridized carbons (Fsp3) is 0.632. The van der Waals surface area contributed by atoms with Crippen LogP contribution in [0.25, 0.3) is 0 Å². The van der Waals surface area contributed by atoms with Crippen LogP contribution in [-0.2, 0) is 10.4 Å². The maximum absolute atomic E-state index is 11.7. The number of hydrogen-bond acceptors (Lipinski definition) is 3. The number of rotatable bonds is 7. The van der Waals surface area contributed by atoms with E-state index in [4.69, 9.17) is 11.6 Å². The average Bonchev–Trinajstić information content (AvgIpc) is 3.44. The molecular weight excluding hydrogens is 324 g/mol. The molecule has 1 saturated heterocycles. The lowest BCUT2D eigenvalue weighted by Gasteiger charge is -2.39. The monoisotopic (exact) mass is 350 g/mol. The third-order valence-corrected chi connectivity index (χ3v) is 5.51. The summed E-state index contributed by atoms with van der Waals surface area (Å²) in [7, 11) is 0. The summed E-state index contributed by atoms with van der Waals surface area (Å²) in [5.74, 6) is 0.573. The number of benzene rings is 1. The van der Waals surface area contributed by atoms with Gasteiger partial charge in [-0.3, -0.25) is 4.79 Å². The van der Waals surface area contributed by atoms with Crippen molar-refractivity contribution in [2.24, 2.45) is 11.8 Å². The van der Waals surface area contributed by atoms with Gasteiger partial charge in [0.15, 0.2) is 0 Å². The Morgan fingerprint density at radius 3 is 2.88 bits per heavy atom. The van der Waals surface area contributed by atoms with Crippen molar-refractivity contribution in [3.05, 3.63) is 34.9 Å². The minimum absolute atomic E-state index is 0.167. The summed E-state index contributed by atoms with van der Waals surface area (Å²) in [5, 5.41) is 18.5. The molecule has 2 atom stereocenters. The highest BCUT2D eigenvalue weighted by Crippen LogP contribution is 2.38. The zero-order valence-corrected chi connectivity index (χ0v) is 14.8. The third-order valence-electron chi connectivity index (χ3n) is 5.28. The predicted octanol–water partition coefficient (Wildman–Crippen LogP) is 2.83. The third kappa shape index (κ3) is 4.29. The molecule has 0 radical (unpaired) electrons. The summed E-state index contributed by atoms with van der Waals surface area (Å²) in [6, 6.07) is 7.57. The van der Waals surface area contributed by atoms with Crippen molar-refractivity contribution in [3.8, 4) is 0 Å². The van der Waals surface area contributed by atoms with Crippen LogP contribution in [0.4, 0.5) is 0 Å². The van der Waals surface area contributed by atoms with E-state index in [1.54, 1.807) is 0 Å². The SMILES string of the molecule is O=C(NCCCC(O)(c1cccc(Cl)c1)[C@@H]1CCCNC1)C1CC1. The molecule has 1 aromatic carbocycles. The molecule has 1 heterocycles. The lowest BCUT2D eigenvalue weighted by atomic mass is 9.74. The smallest absolute Gasteiger partial charge is 0.223 e. The summed E-state index contributed by atoms with van der Waals surface area (Å²) in [6.07, 6.45) is 5.51. The number of nitrogens with one attached hydrogen (secondary N) is 2. The van der Waals surface area contributed by atoms with E-state index >= 15 is 0 Å². The molecule has 0 aromatic heterocycles. The molecule has 3 rings (SSSR count). The van der Waals surface area contributed by atoms with Crippen LogP contribution in [0.2, 0.25) is 5.02 Å². The maximum atomic E-state index is 11.7. The topological polar surface area (TPSA) is 61.4 Å². The second-order valence-electron chi connectivity index (χ2n) is 7.15. The van der Waals surface area contributed by atoms with Crippen LogP contribution in [0.5, 0.6) is 0 Å². The van der Waals surface area contributed by atoms with Gasteiger partial charge in [0.1, 0.15) is 0 Å². The first-order valence-corrected chi connectivity index (χ1v) is 9.44. The van der Waals surface area contributed by atoms with Crippen molar-refractivity contribution < 1.29 is 9.90 Å². The van der Waals surface area contributed by atoms with Gasteiger partial charge in [0.25, 0.3) is 0 Å². The summed E-state index contributed by atoms with van der Waals surface area (Å²) >= 11 is 6.15. The van der Waals surface area contributed by atoms with Crippen LogP contribution in [0.1, 0.15) is 44.1 Å². The molecule has 1 unspecified atom stereocenters. The Morgan fingerprint density at radius 2 is 2.21 bits per heavy atom. The summed E-state index contributed by atoms with van der Waals surface area (Å²) in [6.45, 7) is 2.45. The van der Waals surface area contributed by atoms with E-state index in [-0.39, 0.29) is 17.7 Å². The molecule has 24 heavy (non-hydrogen) atoms. The Balaban J connectivity index is 1.65. The summed E-state index contributed by atoms with van der Waals surface area (Å²) < 4.78 is 0. The van der Waals surface area contributed by atoms with Crippen LogP contribution in [0.3, 0.4) is 0 Å². The highest BCUT2D eigenvalue weighted by Gasteiger charge is 2.38. The molecule has 132 valence electrons. The van der Waals surface area contributed by atoms with E-state index in [0.717, 1.165) is 50.8 Å². The largest absolute Gasteiger partial charge is 0.385 e. The fourth-order valence-corrected chi connectivity index (χ4v) is 3.85. The Hall–Kier alpha value is -1.10. The second-order valence-corrected chi connectivity index (χ2v) is 7.58. The number of piperidine rings is 1. The number of halogens is 1. The fourth-order valence-electron chi connectivity index (χ4n) is 3.66. The van der Waals surface area contributed by atoms with Crippen molar-refractivity contribution >= 4 is 17.5 Å². The Bertz CT molecular complexity index is 570. The molecule has 5 heteroatoms. The van der Waals surface area contributed by atoms with E-state index in [2.05, 4.69) is 10.6 Å². The maximum Gasteiger partial charge on any atom is 0.223 e. The van der Waals surface area contributed by atoms with Gasteiger partial charge >= 0.3 is 0 Å². The van der Waals surface area contributed by atoms with Crippen molar-refractivity contribution in [2.75, 3.05) is 19.6 Å². The summed E-state index contributed by atoms with van der Waals surface area (Å²) in [4.78, 5) is 11.7. The normalized spacial score (nSPS) is 23.5. The van der Waals surface area contributed by atoms with Gasteiger partial charge in [0, 0.05) is 29.9 Å². The predicted molar refractivity (Wildman–Crippen MR) is 95.9 cm³/mol. The number of carbonyl (C=O) groups excluding carboxylic acids is 1. The highest BCUT2D eigenvalue weighted by molar-refractivity contribution is 6.30. The van der Waals surface area contributed by atoms with E-state index in [0.29, 0.717) is 18.0 Å². The number of hydrogen-bond donors (Lipinski definition) is 3. The van der Waals surface area contributed by atoms with Crippen LogP contribution in [-0.4, -0.2) is 30.6 Å². The van der Waals surface area contributed by atoms with Gasteiger partial charge in [-0.2, -0.15) is 0 Å². The molecule has 0 bridgehead atoms. The number of amides is 1. The molecule has 0 spiro atoms. The van der Waals surface area contributed by atoms with Gasteiger partial charge in [-0.15, -0.1) is 0 Å². The zero-order valence-electron chi connectivity index (χ0n) is 14.1. The molecule has 2 fully saturated rings. The first-order chi connectivity index (χ1) is 11.6. The minimum Gasteiger partial charge on any atom is -0.385 e. The van der Waals surface area contributed by atoms with Gasteiger partial charge in [-0.05, 0) is 62.8 Å². The zero-order chi connectivity index (χ0) is 17.0. The first kappa shape index (κ1) is 17.7. The van der Waals surface area contributed by atoms with Gasteiger partial charge in [-0.1, -0.05) is 23.7 Å². The minimum atomic E-state index is -0.900. The number of carbonyl (C=O) groups is 1. The van der Waals surface area contributed by atoms with Gasteiger partial charge < -0.3 is 15.7 Å². The standard InChI is InChI=1S/C19H27ClN2O2/c20-17-6-1-4-15(12-17)19(24,16-5-2-10-21-13-16)9-3-11-22-18(23)14-7-8-14/h1,4,6,12,14,16,21,24H,2-3,5,7-11,13H2,(H,22,23)/t16-,19?/m1/s1. The Kier molecular flexibility index (Phi) is 5.80. The van der Waals surface area contributed by atoms with Crippen LogP contribution in [0.15, 0.2) is 24.3 Å². The quantitative estimate of drug-likeness (QED) is 0.663. The van der Waals surface area contributed by atoms with Crippen molar-refractivity contribution in [1.82, 2.24) is 10.6 Å². The van der Waals surface area contributed by atoms with Gasteiger partial charge in [0.2, 0.25) is 5.91 Å². The highest BCUT2D eigenvalue weighted by atomic mass is 35.5. The molecule has 4 nitrogen and oxygen atoms in total. The molecule has 1 aliphatic carbocycles. The molecule has 3 N–H and O–H groups in total. The van der Waals surface area contributed by atoms with Crippen LogP contribution in [0, 0.1) is 11.8 Å². The first-order valence-electron chi connectivity index (χ1n) is 9.06. The molecule has 1 saturated carbocycles. The van der Waals surface area contributed by atoms with Crippen molar-refractivity contribution in [2.45, 2.75) is 44.1 Å². The van der Waals surface area contributed by atoms with Crippen molar-refractivity contribution in [3.63, 3.8) is 0 Å². The summed E-state index contributed by atoms with van der Waals surface area (Å²) in [5.41, 5.74) is -0.0139. The lowest BCUT2D eigenvalue weighted by Crippen LogP contribution is -2.44. The van der Waals surface area contributed by atoms with Crippen molar-refractivity contribution in [1.29, 1.82) is 0 Å². The van der Waals surface area contributed by atoms with E-state index in [9.17, 15) is 9.90 Å². The van der Waals surface area contributed by atoms with E-state index < -0.39 is 5.60 Å². The van der Waals surface area contributed by atoms with E-state index in [1.165, 1.54) is 0 Å².